The molecular weight excluding hydrogens is 360 g/mol. The minimum absolute atomic E-state index is 0.250. The minimum Gasteiger partial charge on any atom is -0.493 e. The lowest BCUT2D eigenvalue weighted by atomic mass is 10.1. The number of thiophene rings is 1. The Kier molecular flexibility index (Phi) is 5.94. The average molecular weight is 380 g/mol. The lowest BCUT2D eigenvalue weighted by molar-refractivity contribution is -0.130. The van der Waals surface area contributed by atoms with E-state index in [0.29, 0.717) is 23.0 Å². The van der Waals surface area contributed by atoms with Crippen molar-refractivity contribution in [2.75, 3.05) is 7.11 Å². The van der Waals surface area contributed by atoms with Gasteiger partial charge in [-0.3, -0.25) is 0 Å². The molecule has 0 saturated carbocycles. The second-order valence-corrected chi connectivity index (χ2v) is 6.91. The van der Waals surface area contributed by atoms with Crippen LogP contribution in [0, 0.1) is 6.92 Å². The highest BCUT2D eigenvalue weighted by Crippen LogP contribution is 2.31. The van der Waals surface area contributed by atoms with Gasteiger partial charge < -0.3 is 14.6 Å². The number of hydrogen-bond acceptors (Lipinski definition) is 4. The summed E-state index contributed by atoms with van der Waals surface area (Å²) in [5.74, 6) is 0.217. The van der Waals surface area contributed by atoms with Crippen LogP contribution in [0.25, 0.3) is 11.6 Å². The Morgan fingerprint density at radius 3 is 2.59 bits per heavy atom. The van der Waals surface area contributed by atoms with Crippen molar-refractivity contribution < 1.29 is 19.4 Å². The molecule has 0 aliphatic carbocycles. The van der Waals surface area contributed by atoms with E-state index in [1.165, 1.54) is 11.3 Å². The fourth-order valence-corrected chi connectivity index (χ4v) is 3.39. The van der Waals surface area contributed by atoms with Crippen LogP contribution < -0.4 is 9.47 Å². The second-order valence-electron chi connectivity index (χ2n) is 5.97. The Morgan fingerprint density at radius 1 is 1.11 bits per heavy atom. The molecular formula is C22H20O4S. The molecule has 138 valence electrons. The van der Waals surface area contributed by atoms with Gasteiger partial charge in [-0.05, 0) is 53.3 Å². The third-order valence-electron chi connectivity index (χ3n) is 4.16. The molecule has 0 bridgehead atoms. The summed E-state index contributed by atoms with van der Waals surface area (Å²) in [5, 5.41) is 11.4. The number of carboxylic acid groups (broad SMARTS) is 1. The number of rotatable bonds is 7. The average Bonchev–Trinajstić information content (AvgIpc) is 3.19. The first-order valence-corrected chi connectivity index (χ1v) is 9.30. The summed E-state index contributed by atoms with van der Waals surface area (Å²) in [7, 11) is 1.58. The number of aliphatic carboxylic acids is 1. The lowest BCUT2D eigenvalue weighted by Gasteiger charge is -2.13. The van der Waals surface area contributed by atoms with Crippen LogP contribution in [0.5, 0.6) is 11.5 Å². The van der Waals surface area contributed by atoms with Gasteiger partial charge in [-0.2, -0.15) is 0 Å². The zero-order valence-corrected chi connectivity index (χ0v) is 16.0. The van der Waals surface area contributed by atoms with E-state index in [2.05, 4.69) is 0 Å². The first-order valence-electron chi connectivity index (χ1n) is 8.42. The van der Waals surface area contributed by atoms with Crippen LogP contribution in [0.2, 0.25) is 0 Å². The fourth-order valence-electron chi connectivity index (χ4n) is 2.66. The van der Waals surface area contributed by atoms with E-state index in [1.54, 1.807) is 31.4 Å². The van der Waals surface area contributed by atoms with Gasteiger partial charge in [-0.15, -0.1) is 11.3 Å². The highest BCUT2D eigenvalue weighted by atomic mass is 32.1. The summed E-state index contributed by atoms with van der Waals surface area (Å²) < 4.78 is 11.4. The summed E-state index contributed by atoms with van der Waals surface area (Å²) in [6, 6.07) is 17.0. The number of ether oxygens (including phenoxy) is 2. The Morgan fingerprint density at radius 2 is 1.93 bits per heavy atom. The maximum absolute atomic E-state index is 11.6. The van der Waals surface area contributed by atoms with Crippen LogP contribution in [0.1, 0.15) is 21.6 Å². The van der Waals surface area contributed by atoms with Gasteiger partial charge in [0.05, 0.1) is 12.7 Å². The summed E-state index contributed by atoms with van der Waals surface area (Å²) >= 11 is 1.39. The number of benzene rings is 2. The van der Waals surface area contributed by atoms with Crippen molar-refractivity contribution in [3.05, 3.63) is 81.5 Å². The number of hydrogen-bond donors (Lipinski definition) is 1. The highest BCUT2D eigenvalue weighted by Gasteiger charge is 2.13. The second kappa shape index (κ2) is 8.56. The van der Waals surface area contributed by atoms with Crippen molar-refractivity contribution in [1.29, 1.82) is 0 Å². The van der Waals surface area contributed by atoms with Gasteiger partial charge in [0.1, 0.15) is 6.61 Å². The Hall–Kier alpha value is -3.05. The summed E-state index contributed by atoms with van der Waals surface area (Å²) in [6.45, 7) is 2.45. The molecule has 0 unspecified atom stereocenters. The SMILES string of the molecule is COc1ccc(/C=C(\C(=O)O)c2cccs2)cc1OCc1ccccc1C. The van der Waals surface area contributed by atoms with Crippen molar-refractivity contribution in [3.63, 3.8) is 0 Å². The predicted octanol–water partition coefficient (Wildman–Crippen LogP) is 5.27. The molecule has 0 amide bonds. The minimum atomic E-state index is -0.962. The van der Waals surface area contributed by atoms with Crippen LogP contribution in [0.3, 0.4) is 0 Å². The number of methoxy groups -OCH3 is 1. The van der Waals surface area contributed by atoms with Crippen LogP contribution >= 0.6 is 11.3 Å². The molecule has 0 radical (unpaired) electrons. The first-order chi connectivity index (χ1) is 13.1. The van der Waals surface area contributed by atoms with E-state index in [9.17, 15) is 9.90 Å². The maximum Gasteiger partial charge on any atom is 0.337 e. The van der Waals surface area contributed by atoms with Crippen molar-refractivity contribution in [1.82, 2.24) is 0 Å². The third-order valence-corrected chi connectivity index (χ3v) is 5.06. The molecule has 3 rings (SSSR count). The van der Waals surface area contributed by atoms with Crippen LogP contribution in [0.4, 0.5) is 0 Å². The van der Waals surface area contributed by atoms with Crippen molar-refractivity contribution in [2.45, 2.75) is 13.5 Å². The maximum atomic E-state index is 11.6. The zero-order chi connectivity index (χ0) is 19.2. The Bertz CT molecular complexity index is 958. The summed E-state index contributed by atoms with van der Waals surface area (Å²) in [6.07, 6.45) is 1.65. The molecule has 0 spiro atoms. The molecule has 0 fully saturated rings. The van der Waals surface area contributed by atoms with Crippen LogP contribution in [0.15, 0.2) is 60.0 Å². The molecule has 0 saturated heterocycles. The first kappa shape index (κ1) is 18.7. The van der Waals surface area contributed by atoms with E-state index in [-0.39, 0.29) is 5.57 Å². The van der Waals surface area contributed by atoms with Gasteiger partial charge in [0.2, 0.25) is 0 Å². The molecule has 2 aromatic carbocycles. The van der Waals surface area contributed by atoms with E-state index in [0.717, 1.165) is 16.7 Å². The predicted molar refractivity (Wildman–Crippen MR) is 108 cm³/mol. The molecule has 0 aliphatic rings. The van der Waals surface area contributed by atoms with Crippen molar-refractivity contribution >= 4 is 29.0 Å². The van der Waals surface area contributed by atoms with Crippen molar-refractivity contribution in [2.24, 2.45) is 0 Å². The van der Waals surface area contributed by atoms with Gasteiger partial charge >= 0.3 is 5.97 Å². The van der Waals surface area contributed by atoms with Crippen molar-refractivity contribution in [3.8, 4) is 11.5 Å². The molecule has 1 N–H and O–H groups in total. The molecule has 3 aromatic rings. The molecule has 4 nitrogen and oxygen atoms in total. The number of carbonyl (C=O) groups is 1. The van der Waals surface area contributed by atoms with E-state index in [1.807, 2.05) is 48.7 Å². The molecule has 1 heterocycles. The van der Waals surface area contributed by atoms with Gasteiger partial charge in [-0.1, -0.05) is 36.4 Å². The Labute approximate surface area is 162 Å². The van der Waals surface area contributed by atoms with Gasteiger partial charge in [-0.25, -0.2) is 4.79 Å². The van der Waals surface area contributed by atoms with Crippen LogP contribution in [-0.2, 0) is 11.4 Å². The number of carboxylic acids is 1. The fraction of sp³-hybridized carbons (Fsp3) is 0.136. The molecule has 1 aromatic heterocycles. The summed E-state index contributed by atoms with van der Waals surface area (Å²) in [5.41, 5.74) is 3.23. The summed E-state index contributed by atoms with van der Waals surface area (Å²) in [4.78, 5) is 12.3. The van der Waals surface area contributed by atoms with Gasteiger partial charge in [0, 0.05) is 4.88 Å². The highest BCUT2D eigenvalue weighted by molar-refractivity contribution is 7.11. The quantitative estimate of drug-likeness (QED) is 0.567. The smallest absolute Gasteiger partial charge is 0.337 e. The van der Waals surface area contributed by atoms with Gasteiger partial charge in [0.15, 0.2) is 11.5 Å². The van der Waals surface area contributed by atoms with E-state index in [4.69, 9.17) is 9.47 Å². The Balaban J connectivity index is 1.90. The van der Waals surface area contributed by atoms with Gasteiger partial charge in [0.25, 0.3) is 0 Å². The largest absolute Gasteiger partial charge is 0.493 e. The topological polar surface area (TPSA) is 55.8 Å². The normalized spacial score (nSPS) is 11.3. The monoisotopic (exact) mass is 380 g/mol. The zero-order valence-electron chi connectivity index (χ0n) is 15.1. The van der Waals surface area contributed by atoms with E-state index >= 15 is 0 Å². The van der Waals surface area contributed by atoms with Crippen LogP contribution in [-0.4, -0.2) is 18.2 Å². The molecule has 5 heteroatoms. The molecule has 0 atom stereocenters. The number of aryl methyl sites for hydroxylation is 1. The third kappa shape index (κ3) is 4.57. The van der Waals surface area contributed by atoms with E-state index < -0.39 is 5.97 Å². The molecule has 27 heavy (non-hydrogen) atoms. The molecule has 0 aliphatic heterocycles. The lowest BCUT2D eigenvalue weighted by Crippen LogP contribution is -2.00. The standard InChI is InChI=1S/C22H20O4S/c1-15-6-3-4-7-17(15)14-26-20-13-16(9-10-19(20)25-2)12-18(22(23)24)21-8-5-11-27-21/h3-13H,14H2,1-2H3,(H,23,24)/b18-12-.